The van der Waals surface area contributed by atoms with Gasteiger partial charge in [-0.25, -0.2) is 8.42 Å². The maximum atomic E-state index is 14.6. The molecule has 1 saturated heterocycles. The lowest BCUT2D eigenvalue weighted by atomic mass is 10.1. The number of hydrogen-bond donors (Lipinski definition) is 0. The fraction of sp³-hybridized carbons (Fsp3) is 0.300. The van der Waals surface area contributed by atoms with Gasteiger partial charge in [-0.1, -0.05) is 12.1 Å². The van der Waals surface area contributed by atoms with Gasteiger partial charge in [-0.3, -0.25) is 25.0 Å². The Hall–Kier alpha value is -5.97. The number of nitro benzene ring substituents is 1. The highest BCUT2D eigenvalue weighted by atomic mass is 32.2. The molecular weight excluding hydrogens is 743 g/mol. The molecule has 1 fully saturated rings. The lowest BCUT2D eigenvalue weighted by molar-refractivity contribution is -0.387. The third kappa shape index (κ3) is 8.17. The predicted octanol–water partition coefficient (Wildman–Crippen LogP) is 6.24. The van der Waals surface area contributed by atoms with Crippen LogP contribution in [0.4, 0.5) is 5.69 Å². The SMILES string of the molecule is COc1cc(-c2cc(CN3CCC(N(Cc4ccnc(-c5cc(OC)c(OC)c(OC)c5)c4)S(=O)(=O)c4ccccc4[N+](=O)[O-])C3)ccn2)cc(OC)c1OC. The lowest BCUT2D eigenvalue weighted by Gasteiger charge is -2.28. The minimum atomic E-state index is -4.38. The van der Waals surface area contributed by atoms with Crippen molar-refractivity contribution in [1.82, 2.24) is 19.2 Å². The summed E-state index contributed by atoms with van der Waals surface area (Å²) in [4.78, 5) is 22.3. The van der Waals surface area contributed by atoms with Crippen LogP contribution in [0.15, 0.2) is 90.1 Å². The van der Waals surface area contributed by atoms with Crippen LogP contribution in [-0.4, -0.2) is 94.3 Å². The van der Waals surface area contributed by atoms with E-state index >= 15 is 0 Å². The Labute approximate surface area is 325 Å². The first kappa shape index (κ1) is 39.7. The highest BCUT2D eigenvalue weighted by Crippen LogP contribution is 2.42. The number of rotatable bonds is 16. The van der Waals surface area contributed by atoms with E-state index in [1.807, 2.05) is 24.3 Å². The number of nitro groups is 1. The number of benzene rings is 3. The van der Waals surface area contributed by atoms with Crippen molar-refractivity contribution in [2.75, 3.05) is 55.7 Å². The lowest BCUT2D eigenvalue weighted by Crippen LogP contribution is -2.41. The molecule has 294 valence electrons. The van der Waals surface area contributed by atoms with Crippen molar-refractivity contribution in [1.29, 1.82) is 0 Å². The molecule has 1 aliphatic heterocycles. The van der Waals surface area contributed by atoms with Crippen LogP contribution in [0.5, 0.6) is 34.5 Å². The molecule has 1 unspecified atom stereocenters. The van der Waals surface area contributed by atoms with Crippen molar-refractivity contribution in [3.63, 3.8) is 0 Å². The summed E-state index contributed by atoms with van der Waals surface area (Å²) < 4.78 is 63.6. The summed E-state index contributed by atoms with van der Waals surface area (Å²) in [6.45, 7) is 1.42. The van der Waals surface area contributed by atoms with Crippen molar-refractivity contribution < 1.29 is 41.8 Å². The third-order valence-electron chi connectivity index (χ3n) is 9.62. The molecule has 3 aromatic carbocycles. The molecule has 0 aliphatic carbocycles. The highest BCUT2D eigenvalue weighted by Gasteiger charge is 2.39. The van der Waals surface area contributed by atoms with Gasteiger partial charge in [0, 0.05) is 61.8 Å². The summed E-state index contributed by atoms with van der Waals surface area (Å²) in [6, 6.07) is 19.5. The normalized spacial score (nSPS) is 14.4. The van der Waals surface area contributed by atoms with Gasteiger partial charge in [0.15, 0.2) is 27.9 Å². The van der Waals surface area contributed by atoms with E-state index in [9.17, 15) is 18.5 Å². The number of pyridine rings is 2. The maximum absolute atomic E-state index is 14.6. The van der Waals surface area contributed by atoms with Crippen LogP contribution in [0.1, 0.15) is 17.5 Å². The summed E-state index contributed by atoms with van der Waals surface area (Å²) >= 11 is 0. The van der Waals surface area contributed by atoms with E-state index in [0.717, 1.165) is 11.1 Å². The number of aromatic nitrogens is 2. The number of methoxy groups -OCH3 is 6. The van der Waals surface area contributed by atoms with Gasteiger partial charge in [-0.05, 0) is 72.1 Å². The van der Waals surface area contributed by atoms with E-state index in [0.29, 0.717) is 83.1 Å². The zero-order valence-electron chi connectivity index (χ0n) is 31.9. The van der Waals surface area contributed by atoms with Crippen LogP contribution in [0.3, 0.4) is 0 Å². The topological polar surface area (TPSA) is 165 Å². The monoisotopic (exact) mass is 785 g/mol. The first-order valence-corrected chi connectivity index (χ1v) is 19.0. The third-order valence-corrected chi connectivity index (χ3v) is 11.6. The molecule has 2 aromatic heterocycles. The van der Waals surface area contributed by atoms with Crippen molar-refractivity contribution in [2.45, 2.75) is 30.4 Å². The van der Waals surface area contributed by atoms with Crippen LogP contribution in [0.2, 0.25) is 0 Å². The Morgan fingerprint density at radius 1 is 0.732 bits per heavy atom. The number of sulfonamides is 1. The zero-order chi connectivity index (χ0) is 40.0. The number of likely N-dealkylation sites (tertiary alicyclic amines) is 1. The summed E-state index contributed by atoms with van der Waals surface area (Å²) in [5.74, 6) is 2.77. The van der Waals surface area contributed by atoms with Gasteiger partial charge in [0.25, 0.3) is 15.7 Å². The van der Waals surface area contributed by atoms with Gasteiger partial charge in [0.1, 0.15) is 0 Å². The van der Waals surface area contributed by atoms with Gasteiger partial charge >= 0.3 is 0 Å². The summed E-state index contributed by atoms with van der Waals surface area (Å²) in [5.41, 5.74) is 3.76. The Bertz CT molecular complexity index is 2270. The minimum Gasteiger partial charge on any atom is -0.493 e. The van der Waals surface area contributed by atoms with Crippen molar-refractivity contribution in [2.24, 2.45) is 0 Å². The summed E-state index contributed by atoms with van der Waals surface area (Å²) in [5, 5.41) is 12.1. The van der Waals surface area contributed by atoms with Crippen LogP contribution >= 0.6 is 0 Å². The molecular formula is C40H43N5O10S. The first-order chi connectivity index (χ1) is 27.0. The molecule has 0 radical (unpaired) electrons. The van der Waals surface area contributed by atoms with Crippen LogP contribution in [0.25, 0.3) is 22.5 Å². The molecule has 5 aromatic rings. The molecule has 0 spiro atoms. The molecule has 0 amide bonds. The molecule has 3 heterocycles. The summed E-state index contributed by atoms with van der Waals surface area (Å²) in [7, 11) is 4.82. The number of ether oxygens (including phenoxy) is 6. The second-order valence-corrected chi connectivity index (χ2v) is 14.7. The van der Waals surface area contributed by atoms with E-state index < -0.39 is 26.7 Å². The van der Waals surface area contributed by atoms with Gasteiger partial charge in [0.2, 0.25) is 11.5 Å². The molecule has 0 N–H and O–H groups in total. The van der Waals surface area contributed by atoms with E-state index in [1.165, 1.54) is 49.9 Å². The smallest absolute Gasteiger partial charge is 0.289 e. The molecule has 0 bridgehead atoms. The Balaban J connectivity index is 1.31. The zero-order valence-corrected chi connectivity index (χ0v) is 32.7. The molecule has 16 heteroatoms. The average molecular weight is 786 g/mol. The second kappa shape index (κ2) is 17.2. The fourth-order valence-corrected chi connectivity index (χ4v) is 8.70. The Kier molecular flexibility index (Phi) is 12.2. The minimum absolute atomic E-state index is 0.0621. The van der Waals surface area contributed by atoms with Crippen LogP contribution in [-0.2, 0) is 23.1 Å². The molecule has 56 heavy (non-hydrogen) atoms. The van der Waals surface area contributed by atoms with Crippen molar-refractivity contribution in [3.8, 4) is 57.0 Å². The standard InChI is InChI=1S/C40H43N5O10S/c1-50-34-19-28(20-35(51-2)39(34)54-5)31-17-26(11-14-41-31)23-43-16-13-30(25-43)44(56(48,49)38-10-8-7-9-33(38)45(46)47)24-27-12-15-42-32(18-27)29-21-36(52-3)40(55-6)37(22-29)53-4/h7-12,14-15,17-22,30H,13,16,23-25H2,1-6H3. The van der Waals surface area contributed by atoms with E-state index in [4.69, 9.17) is 28.4 Å². The Morgan fingerprint density at radius 3 is 1.73 bits per heavy atom. The molecule has 1 aliphatic rings. The van der Waals surface area contributed by atoms with Crippen LogP contribution in [0, 0.1) is 10.1 Å². The number of para-hydroxylation sites is 1. The average Bonchev–Trinajstić information content (AvgIpc) is 3.69. The van der Waals surface area contributed by atoms with Gasteiger partial charge < -0.3 is 28.4 Å². The van der Waals surface area contributed by atoms with E-state index in [-0.39, 0.29) is 11.4 Å². The molecule has 6 rings (SSSR count). The largest absolute Gasteiger partial charge is 0.493 e. The van der Waals surface area contributed by atoms with Crippen LogP contribution < -0.4 is 28.4 Å². The van der Waals surface area contributed by atoms with Crippen molar-refractivity contribution in [3.05, 3.63) is 106 Å². The molecule has 0 saturated carbocycles. The Morgan fingerprint density at radius 2 is 1.23 bits per heavy atom. The van der Waals surface area contributed by atoms with E-state index in [2.05, 4.69) is 14.9 Å². The quantitative estimate of drug-likeness (QED) is 0.0817. The first-order valence-electron chi connectivity index (χ1n) is 17.5. The summed E-state index contributed by atoms with van der Waals surface area (Å²) in [6.07, 6.45) is 3.82. The number of hydrogen-bond acceptors (Lipinski definition) is 13. The van der Waals surface area contributed by atoms with E-state index in [1.54, 1.807) is 58.0 Å². The van der Waals surface area contributed by atoms with Crippen molar-refractivity contribution >= 4 is 15.7 Å². The predicted molar refractivity (Wildman–Crippen MR) is 208 cm³/mol. The number of nitrogens with zero attached hydrogens (tertiary/aromatic N) is 5. The maximum Gasteiger partial charge on any atom is 0.289 e. The highest BCUT2D eigenvalue weighted by molar-refractivity contribution is 7.89. The van der Waals surface area contributed by atoms with Gasteiger partial charge in [0.05, 0.1) is 59.0 Å². The van der Waals surface area contributed by atoms with Gasteiger partial charge in [-0.2, -0.15) is 4.31 Å². The van der Waals surface area contributed by atoms with Gasteiger partial charge in [-0.15, -0.1) is 0 Å². The fourth-order valence-electron chi connectivity index (χ4n) is 6.91. The second-order valence-electron chi connectivity index (χ2n) is 12.9. The molecule has 15 nitrogen and oxygen atoms in total. The molecule has 1 atom stereocenters.